The molecule has 0 saturated heterocycles. The van der Waals surface area contributed by atoms with E-state index in [0.717, 1.165) is 19.3 Å². The zero-order chi connectivity index (χ0) is 19.9. The summed E-state index contributed by atoms with van der Waals surface area (Å²) >= 11 is 0. The van der Waals surface area contributed by atoms with E-state index >= 15 is 0 Å². The summed E-state index contributed by atoms with van der Waals surface area (Å²) in [5.41, 5.74) is 5.83. The monoisotopic (exact) mass is 362 g/mol. The predicted octanol–water partition coefficient (Wildman–Crippen LogP) is 8.51. The van der Waals surface area contributed by atoms with Gasteiger partial charge < -0.3 is 0 Å². The molecule has 2 aromatic carbocycles. The molecule has 0 aromatic heterocycles. The van der Waals surface area contributed by atoms with Gasteiger partial charge in [-0.2, -0.15) is 0 Å². The average molecular weight is 363 g/mol. The molecule has 0 heteroatoms. The number of allylic oxidation sites excluding steroid dienone is 4. The molecule has 2 rings (SSSR count). The van der Waals surface area contributed by atoms with Gasteiger partial charge >= 0.3 is 0 Å². The van der Waals surface area contributed by atoms with E-state index in [1.165, 1.54) is 35.1 Å². The van der Waals surface area contributed by atoms with Crippen molar-refractivity contribution >= 4 is 0 Å². The number of hydrogen-bond acceptors (Lipinski definition) is 0. The Morgan fingerprint density at radius 2 is 1.41 bits per heavy atom. The van der Waals surface area contributed by atoms with Gasteiger partial charge in [0.15, 0.2) is 0 Å². The fourth-order valence-corrected chi connectivity index (χ4v) is 3.17. The maximum Gasteiger partial charge on any atom is -0.0124 e. The summed E-state index contributed by atoms with van der Waals surface area (Å²) in [6.07, 6.45) is 10.6. The lowest BCUT2D eigenvalue weighted by Crippen LogP contribution is -2.00. The predicted molar refractivity (Wildman–Crippen MR) is 122 cm³/mol. The molecule has 0 radical (unpaired) electrons. The molecule has 0 N–H and O–H groups in total. The van der Waals surface area contributed by atoms with Gasteiger partial charge in [0.1, 0.15) is 0 Å². The van der Waals surface area contributed by atoms with Crippen molar-refractivity contribution in [3.8, 4) is 0 Å². The van der Waals surface area contributed by atoms with Crippen LogP contribution in [0.1, 0.15) is 77.3 Å². The zero-order valence-corrected chi connectivity index (χ0v) is 18.0. The van der Waals surface area contributed by atoms with E-state index in [9.17, 15) is 0 Å². The summed E-state index contributed by atoms with van der Waals surface area (Å²) < 4.78 is 0. The number of rotatable bonds is 9. The molecule has 0 aliphatic rings. The fourth-order valence-electron chi connectivity index (χ4n) is 3.17. The average Bonchev–Trinajstić information content (AvgIpc) is 2.71. The molecule has 0 aliphatic carbocycles. The van der Waals surface area contributed by atoms with Crippen LogP contribution in [0.4, 0.5) is 0 Å². The molecule has 0 bridgehead atoms. The van der Waals surface area contributed by atoms with Crippen molar-refractivity contribution in [3.05, 3.63) is 95.1 Å². The highest BCUT2D eigenvalue weighted by Gasteiger charge is 2.10. The van der Waals surface area contributed by atoms with Crippen LogP contribution in [0.2, 0.25) is 0 Å². The van der Waals surface area contributed by atoms with Crippen molar-refractivity contribution < 1.29 is 0 Å². The second-order valence-electron chi connectivity index (χ2n) is 7.24. The second kappa shape index (κ2) is 14.0. The minimum atomic E-state index is 0.597. The Labute approximate surface area is 168 Å². The Bertz CT molecular complexity index is 658. The van der Waals surface area contributed by atoms with E-state index in [0.29, 0.717) is 5.92 Å². The summed E-state index contributed by atoms with van der Waals surface area (Å²) in [6, 6.07) is 21.8. The molecule has 0 saturated carbocycles. The molecule has 27 heavy (non-hydrogen) atoms. The first kappa shape index (κ1) is 23.0. The third kappa shape index (κ3) is 9.99. The molecule has 1 unspecified atom stereocenters. The topological polar surface area (TPSA) is 0 Å². The van der Waals surface area contributed by atoms with Crippen molar-refractivity contribution in [2.75, 3.05) is 0 Å². The summed E-state index contributed by atoms with van der Waals surface area (Å²) in [5.74, 6) is 0.597. The molecule has 0 spiro atoms. The lowest BCUT2D eigenvalue weighted by molar-refractivity contribution is 0.629. The van der Waals surface area contributed by atoms with Gasteiger partial charge in [-0.25, -0.2) is 0 Å². The molecule has 2 aromatic rings. The van der Waals surface area contributed by atoms with Crippen LogP contribution in [0.25, 0.3) is 0 Å². The normalized spacial score (nSPS) is 12.0. The number of hydrogen-bond donors (Lipinski definition) is 0. The van der Waals surface area contributed by atoms with Gasteiger partial charge in [0.2, 0.25) is 0 Å². The SMILES string of the molecule is CC.CC(C)=CCC/C(C)=C\CC(CCc1ccccc1)c1ccccc1. The second-order valence-corrected chi connectivity index (χ2v) is 7.24. The van der Waals surface area contributed by atoms with Crippen molar-refractivity contribution in [2.45, 2.75) is 72.6 Å². The fraction of sp³-hybridized carbons (Fsp3) is 0.407. The summed E-state index contributed by atoms with van der Waals surface area (Å²) in [7, 11) is 0. The Balaban J connectivity index is 0.00000176. The van der Waals surface area contributed by atoms with Crippen LogP contribution < -0.4 is 0 Å². The summed E-state index contributed by atoms with van der Waals surface area (Å²) in [5, 5.41) is 0. The minimum absolute atomic E-state index is 0.597. The van der Waals surface area contributed by atoms with Crippen LogP contribution in [0.15, 0.2) is 84.0 Å². The van der Waals surface area contributed by atoms with Crippen molar-refractivity contribution in [1.29, 1.82) is 0 Å². The Kier molecular flexibility index (Phi) is 11.9. The first-order valence-electron chi connectivity index (χ1n) is 10.5. The standard InChI is InChI=1S/C25H32.C2H6/c1-21(2)11-10-12-22(3)17-19-25(24-15-8-5-9-16-24)20-18-23-13-6-4-7-14-23;1-2/h4-9,11,13-17,25H,10,12,18-20H2,1-3H3;1-2H3/b22-17-;. The smallest absolute Gasteiger partial charge is 0.0124 e. The molecule has 0 aliphatic heterocycles. The molecule has 0 heterocycles. The Morgan fingerprint density at radius 1 is 0.815 bits per heavy atom. The first-order valence-corrected chi connectivity index (χ1v) is 10.5. The largest absolute Gasteiger partial charge is 0.0856 e. The van der Waals surface area contributed by atoms with Gasteiger partial charge in [-0.1, -0.05) is 97.8 Å². The van der Waals surface area contributed by atoms with E-state index < -0.39 is 0 Å². The molecule has 146 valence electrons. The molecule has 0 amide bonds. The lowest BCUT2D eigenvalue weighted by atomic mass is 9.89. The molecule has 1 atom stereocenters. The van der Waals surface area contributed by atoms with E-state index in [2.05, 4.69) is 93.6 Å². The highest BCUT2D eigenvalue weighted by molar-refractivity contribution is 5.22. The van der Waals surface area contributed by atoms with Gasteiger partial charge in [0.05, 0.1) is 0 Å². The van der Waals surface area contributed by atoms with Gasteiger partial charge in [-0.15, -0.1) is 0 Å². The summed E-state index contributed by atoms with van der Waals surface area (Å²) in [4.78, 5) is 0. The van der Waals surface area contributed by atoms with Crippen LogP contribution >= 0.6 is 0 Å². The highest BCUT2D eigenvalue weighted by atomic mass is 14.1. The van der Waals surface area contributed by atoms with Gasteiger partial charge in [-0.05, 0) is 69.9 Å². The van der Waals surface area contributed by atoms with Gasteiger partial charge in [0, 0.05) is 0 Å². The van der Waals surface area contributed by atoms with Gasteiger partial charge in [0.25, 0.3) is 0 Å². The first-order chi connectivity index (χ1) is 13.1. The van der Waals surface area contributed by atoms with Gasteiger partial charge in [-0.3, -0.25) is 0 Å². The third-order valence-corrected chi connectivity index (χ3v) is 4.74. The van der Waals surface area contributed by atoms with Crippen LogP contribution in [0.5, 0.6) is 0 Å². The van der Waals surface area contributed by atoms with Crippen molar-refractivity contribution in [3.63, 3.8) is 0 Å². The quantitative estimate of drug-likeness (QED) is 0.392. The van der Waals surface area contributed by atoms with Crippen LogP contribution in [0, 0.1) is 0 Å². The number of benzene rings is 2. The maximum absolute atomic E-state index is 2.46. The van der Waals surface area contributed by atoms with Crippen LogP contribution in [-0.2, 0) is 6.42 Å². The third-order valence-electron chi connectivity index (χ3n) is 4.74. The minimum Gasteiger partial charge on any atom is -0.0856 e. The highest BCUT2D eigenvalue weighted by Crippen LogP contribution is 2.26. The maximum atomic E-state index is 2.46. The van der Waals surface area contributed by atoms with Crippen molar-refractivity contribution in [1.82, 2.24) is 0 Å². The molecular weight excluding hydrogens is 324 g/mol. The Hall–Kier alpha value is -2.08. The molecule has 0 nitrogen and oxygen atoms in total. The molecule has 0 fully saturated rings. The molecular formula is C27H38. The van der Waals surface area contributed by atoms with E-state index in [4.69, 9.17) is 0 Å². The van der Waals surface area contributed by atoms with E-state index in [1.807, 2.05) is 13.8 Å². The van der Waals surface area contributed by atoms with Crippen LogP contribution in [-0.4, -0.2) is 0 Å². The van der Waals surface area contributed by atoms with Crippen molar-refractivity contribution in [2.24, 2.45) is 0 Å². The lowest BCUT2D eigenvalue weighted by Gasteiger charge is -2.16. The summed E-state index contributed by atoms with van der Waals surface area (Å²) in [6.45, 7) is 10.6. The van der Waals surface area contributed by atoms with E-state index in [1.54, 1.807) is 0 Å². The zero-order valence-electron chi connectivity index (χ0n) is 18.0. The van der Waals surface area contributed by atoms with Crippen LogP contribution in [0.3, 0.4) is 0 Å². The number of aryl methyl sites for hydroxylation is 1. The Morgan fingerprint density at radius 3 is 2.00 bits per heavy atom. The van der Waals surface area contributed by atoms with E-state index in [-0.39, 0.29) is 0 Å².